The van der Waals surface area contributed by atoms with Crippen molar-refractivity contribution >= 4 is 17.4 Å². The first kappa shape index (κ1) is 14.9. The first-order chi connectivity index (χ1) is 11.1. The Hall–Kier alpha value is -3.01. The van der Waals surface area contributed by atoms with Gasteiger partial charge in [-0.1, -0.05) is 29.8 Å². The highest BCUT2D eigenvalue weighted by molar-refractivity contribution is 5.94. The summed E-state index contributed by atoms with van der Waals surface area (Å²) in [6.45, 7) is 3.61. The molecule has 23 heavy (non-hydrogen) atoms. The van der Waals surface area contributed by atoms with Gasteiger partial charge >= 0.3 is 0 Å². The lowest BCUT2D eigenvalue weighted by Crippen LogP contribution is -1.98. The van der Waals surface area contributed by atoms with Crippen LogP contribution in [0.4, 0.5) is 11.6 Å². The number of rotatable bonds is 4. The summed E-state index contributed by atoms with van der Waals surface area (Å²) < 4.78 is 0. The molecule has 3 rings (SSSR count). The topological polar surface area (TPSA) is 54.9 Å². The molecule has 0 aliphatic rings. The summed E-state index contributed by atoms with van der Waals surface area (Å²) in [6, 6.07) is 17.4. The van der Waals surface area contributed by atoms with Gasteiger partial charge in [-0.05, 0) is 44.2 Å². The van der Waals surface area contributed by atoms with Crippen LogP contribution < -0.4 is 5.32 Å². The van der Waals surface area contributed by atoms with Crippen molar-refractivity contribution in [3.63, 3.8) is 0 Å². The van der Waals surface area contributed by atoms with Gasteiger partial charge in [0.25, 0.3) is 0 Å². The minimum atomic E-state index is 0.0502. The van der Waals surface area contributed by atoms with Gasteiger partial charge in [0.05, 0.1) is 5.69 Å². The Bertz CT molecular complexity index is 824. The summed E-state index contributed by atoms with van der Waals surface area (Å²) in [6.07, 6.45) is 1.73. The molecule has 0 fully saturated rings. The van der Waals surface area contributed by atoms with Gasteiger partial charge in [-0.2, -0.15) is 0 Å². The summed E-state index contributed by atoms with van der Waals surface area (Å²) >= 11 is 0. The van der Waals surface area contributed by atoms with Gasteiger partial charge < -0.3 is 5.32 Å². The van der Waals surface area contributed by atoms with E-state index in [1.54, 1.807) is 25.3 Å². The largest absolute Gasteiger partial charge is 0.324 e. The van der Waals surface area contributed by atoms with Crippen LogP contribution in [0.15, 0.2) is 60.8 Å². The van der Waals surface area contributed by atoms with Crippen LogP contribution in [0, 0.1) is 6.92 Å². The van der Waals surface area contributed by atoms with Crippen LogP contribution in [-0.4, -0.2) is 15.8 Å². The highest BCUT2D eigenvalue weighted by Gasteiger charge is 2.04. The van der Waals surface area contributed by atoms with Gasteiger partial charge in [0.15, 0.2) is 5.78 Å². The zero-order valence-corrected chi connectivity index (χ0v) is 13.1. The SMILES string of the molecule is CC(=O)c1ccc(Nc2nccc(-c3ccc(C)cc3)n2)cc1. The lowest BCUT2D eigenvalue weighted by atomic mass is 10.1. The molecule has 2 aromatic carbocycles. The van der Waals surface area contributed by atoms with E-state index in [2.05, 4.69) is 34.3 Å². The zero-order valence-electron chi connectivity index (χ0n) is 13.1. The standard InChI is InChI=1S/C19H17N3O/c1-13-3-5-16(6-4-13)18-11-12-20-19(22-18)21-17-9-7-15(8-10-17)14(2)23/h3-12H,1-2H3,(H,20,21,22). The third kappa shape index (κ3) is 3.61. The highest BCUT2D eigenvalue weighted by atomic mass is 16.1. The number of Topliss-reactive ketones (excluding diaryl/α,β-unsaturated/α-hetero) is 1. The Kier molecular flexibility index (Phi) is 4.15. The third-order valence-corrected chi connectivity index (χ3v) is 3.55. The van der Waals surface area contributed by atoms with Gasteiger partial charge in [0, 0.05) is 23.0 Å². The van der Waals surface area contributed by atoms with Crippen LogP contribution in [0.5, 0.6) is 0 Å². The molecule has 0 bridgehead atoms. The maximum absolute atomic E-state index is 11.3. The Morgan fingerprint density at radius 2 is 1.65 bits per heavy atom. The normalized spacial score (nSPS) is 10.3. The van der Waals surface area contributed by atoms with Crippen molar-refractivity contribution in [1.82, 2.24) is 9.97 Å². The number of aryl methyl sites for hydroxylation is 1. The Morgan fingerprint density at radius 1 is 0.957 bits per heavy atom. The molecule has 114 valence electrons. The van der Waals surface area contributed by atoms with Gasteiger partial charge in [0.1, 0.15) is 0 Å². The summed E-state index contributed by atoms with van der Waals surface area (Å²) in [4.78, 5) is 20.1. The molecule has 0 aliphatic carbocycles. The molecule has 0 aliphatic heterocycles. The molecule has 1 N–H and O–H groups in total. The van der Waals surface area contributed by atoms with E-state index < -0.39 is 0 Å². The quantitative estimate of drug-likeness (QED) is 0.726. The first-order valence-electron chi connectivity index (χ1n) is 7.40. The average molecular weight is 303 g/mol. The molecule has 4 heteroatoms. The van der Waals surface area contributed by atoms with Gasteiger partial charge in [-0.3, -0.25) is 4.79 Å². The number of carbonyl (C=O) groups is 1. The predicted octanol–water partition coefficient (Wildman–Crippen LogP) is 4.40. The number of aromatic nitrogens is 2. The van der Waals surface area contributed by atoms with E-state index in [-0.39, 0.29) is 5.78 Å². The monoisotopic (exact) mass is 303 g/mol. The molecule has 1 aromatic heterocycles. The lowest BCUT2D eigenvalue weighted by Gasteiger charge is -2.07. The predicted molar refractivity (Wildman–Crippen MR) is 91.9 cm³/mol. The van der Waals surface area contributed by atoms with E-state index in [0.717, 1.165) is 16.9 Å². The van der Waals surface area contributed by atoms with Crippen molar-refractivity contribution in [3.8, 4) is 11.3 Å². The zero-order chi connectivity index (χ0) is 16.2. The number of hydrogen-bond donors (Lipinski definition) is 1. The Labute approximate surface area is 135 Å². The third-order valence-electron chi connectivity index (χ3n) is 3.55. The second-order valence-corrected chi connectivity index (χ2v) is 5.39. The molecule has 0 saturated heterocycles. The molecule has 0 spiro atoms. The van der Waals surface area contributed by atoms with E-state index in [4.69, 9.17) is 0 Å². The molecule has 4 nitrogen and oxygen atoms in total. The maximum atomic E-state index is 11.3. The van der Waals surface area contributed by atoms with Crippen molar-refractivity contribution in [1.29, 1.82) is 0 Å². The molecule has 0 radical (unpaired) electrons. The van der Waals surface area contributed by atoms with Crippen LogP contribution >= 0.6 is 0 Å². The number of carbonyl (C=O) groups excluding carboxylic acids is 1. The maximum Gasteiger partial charge on any atom is 0.227 e. The van der Waals surface area contributed by atoms with Crippen LogP contribution in [0.2, 0.25) is 0 Å². The molecule has 0 amide bonds. The molecule has 0 saturated carbocycles. The van der Waals surface area contributed by atoms with Crippen molar-refractivity contribution in [2.24, 2.45) is 0 Å². The van der Waals surface area contributed by atoms with E-state index in [9.17, 15) is 4.79 Å². The summed E-state index contributed by atoms with van der Waals surface area (Å²) in [5.74, 6) is 0.577. The van der Waals surface area contributed by atoms with Crippen molar-refractivity contribution in [3.05, 3.63) is 71.9 Å². The second-order valence-electron chi connectivity index (χ2n) is 5.39. The van der Waals surface area contributed by atoms with E-state index >= 15 is 0 Å². The number of hydrogen-bond acceptors (Lipinski definition) is 4. The van der Waals surface area contributed by atoms with Crippen LogP contribution in [0.1, 0.15) is 22.8 Å². The number of nitrogens with zero attached hydrogens (tertiary/aromatic N) is 2. The average Bonchev–Trinajstić information content (AvgIpc) is 2.56. The minimum absolute atomic E-state index is 0.0502. The van der Waals surface area contributed by atoms with Crippen LogP contribution in [-0.2, 0) is 0 Å². The fourth-order valence-corrected chi connectivity index (χ4v) is 2.22. The molecule has 1 heterocycles. The van der Waals surface area contributed by atoms with E-state index in [1.165, 1.54) is 5.56 Å². The van der Waals surface area contributed by atoms with Gasteiger partial charge in [0.2, 0.25) is 5.95 Å². The molecule has 0 atom stereocenters. The number of nitrogens with one attached hydrogen (secondary N) is 1. The number of benzene rings is 2. The molecule has 3 aromatic rings. The summed E-state index contributed by atoms with van der Waals surface area (Å²) in [7, 11) is 0. The van der Waals surface area contributed by atoms with Crippen LogP contribution in [0.25, 0.3) is 11.3 Å². The van der Waals surface area contributed by atoms with Crippen LogP contribution in [0.3, 0.4) is 0 Å². The van der Waals surface area contributed by atoms with Gasteiger partial charge in [-0.15, -0.1) is 0 Å². The highest BCUT2D eigenvalue weighted by Crippen LogP contribution is 2.20. The van der Waals surface area contributed by atoms with Crippen molar-refractivity contribution in [2.45, 2.75) is 13.8 Å². The minimum Gasteiger partial charge on any atom is -0.324 e. The van der Waals surface area contributed by atoms with Crippen molar-refractivity contribution in [2.75, 3.05) is 5.32 Å². The fraction of sp³-hybridized carbons (Fsp3) is 0.105. The van der Waals surface area contributed by atoms with Crippen molar-refractivity contribution < 1.29 is 4.79 Å². The molecule has 0 unspecified atom stereocenters. The van der Waals surface area contributed by atoms with E-state index in [0.29, 0.717) is 11.5 Å². The lowest BCUT2D eigenvalue weighted by molar-refractivity contribution is 0.101. The van der Waals surface area contributed by atoms with Gasteiger partial charge in [-0.25, -0.2) is 9.97 Å². The number of anilines is 2. The van der Waals surface area contributed by atoms with E-state index in [1.807, 2.05) is 30.3 Å². The molecular weight excluding hydrogens is 286 g/mol. The first-order valence-corrected chi connectivity index (χ1v) is 7.40. The molecular formula is C19H17N3O. The second kappa shape index (κ2) is 6.40. The number of ketones is 1. The summed E-state index contributed by atoms with van der Waals surface area (Å²) in [5.41, 5.74) is 4.66. The Balaban J connectivity index is 1.82. The fourth-order valence-electron chi connectivity index (χ4n) is 2.22. The smallest absolute Gasteiger partial charge is 0.227 e. The Morgan fingerprint density at radius 3 is 2.30 bits per heavy atom. The summed E-state index contributed by atoms with van der Waals surface area (Å²) in [5, 5.41) is 3.16.